The predicted octanol–water partition coefficient (Wildman–Crippen LogP) is -0.650. The van der Waals surface area contributed by atoms with Gasteiger partial charge in [-0.2, -0.15) is 4.31 Å². The SMILES string of the molecule is NC(=O)C1CC(O)CN1S(=O)(=O)c1cc(C(=O)O)oc1Br. The minimum atomic E-state index is -4.24. The number of aliphatic hydroxyl groups is 1. The quantitative estimate of drug-likeness (QED) is 0.625. The van der Waals surface area contributed by atoms with E-state index in [2.05, 4.69) is 15.9 Å². The third-order valence-corrected chi connectivity index (χ3v) is 5.75. The molecule has 4 N–H and O–H groups in total. The second-order valence-electron chi connectivity index (χ2n) is 4.44. The van der Waals surface area contributed by atoms with Crippen molar-refractivity contribution in [3.8, 4) is 0 Å². The number of aliphatic hydroxyl groups excluding tert-OH is 1. The number of rotatable bonds is 4. The Hall–Kier alpha value is -1.43. The van der Waals surface area contributed by atoms with Crippen LogP contribution in [0, 0.1) is 0 Å². The molecule has 2 heterocycles. The maximum Gasteiger partial charge on any atom is 0.371 e. The Morgan fingerprint density at radius 3 is 2.57 bits per heavy atom. The van der Waals surface area contributed by atoms with Crippen molar-refractivity contribution in [3.05, 3.63) is 16.5 Å². The summed E-state index contributed by atoms with van der Waals surface area (Å²) in [6.07, 6.45) is -1.14. The van der Waals surface area contributed by atoms with Gasteiger partial charge in [-0.3, -0.25) is 4.79 Å². The monoisotopic (exact) mass is 382 g/mol. The van der Waals surface area contributed by atoms with Crippen LogP contribution in [-0.4, -0.2) is 53.5 Å². The van der Waals surface area contributed by atoms with Gasteiger partial charge in [0.25, 0.3) is 0 Å². The third kappa shape index (κ3) is 2.81. The number of hydrogen-bond acceptors (Lipinski definition) is 6. The van der Waals surface area contributed by atoms with Crippen LogP contribution in [0.1, 0.15) is 17.0 Å². The first-order valence-electron chi connectivity index (χ1n) is 5.66. The Kier molecular flexibility index (Phi) is 4.10. The van der Waals surface area contributed by atoms with Gasteiger partial charge in [0, 0.05) is 19.0 Å². The lowest BCUT2D eigenvalue weighted by Crippen LogP contribution is -2.43. The van der Waals surface area contributed by atoms with E-state index in [0.717, 1.165) is 10.4 Å². The number of nitrogens with two attached hydrogens (primary N) is 1. The van der Waals surface area contributed by atoms with Gasteiger partial charge in [-0.05, 0) is 15.9 Å². The van der Waals surface area contributed by atoms with Gasteiger partial charge >= 0.3 is 5.97 Å². The van der Waals surface area contributed by atoms with Crippen molar-refractivity contribution in [1.82, 2.24) is 4.31 Å². The number of β-amino-alcohol motifs (C(OH)–C–C–N with tert-alkyl or cyclic N) is 1. The van der Waals surface area contributed by atoms with Crippen LogP contribution in [0.25, 0.3) is 0 Å². The third-order valence-electron chi connectivity index (χ3n) is 3.01. The molecule has 0 radical (unpaired) electrons. The minimum absolute atomic E-state index is 0.115. The number of sulfonamides is 1. The fourth-order valence-electron chi connectivity index (χ4n) is 2.07. The maximum atomic E-state index is 12.5. The second-order valence-corrected chi connectivity index (χ2v) is 7.02. The molecule has 0 aromatic carbocycles. The number of carboxylic acid groups (broad SMARTS) is 1. The molecule has 1 aromatic rings. The van der Waals surface area contributed by atoms with Crippen LogP contribution in [-0.2, 0) is 14.8 Å². The average Bonchev–Trinajstić information content (AvgIpc) is 2.93. The van der Waals surface area contributed by atoms with Crippen LogP contribution < -0.4 is 5.73 Å². The highest BCUT2D eigenvalue weighted by molar-refractivity contribution is 9.10. The first-order valence-corrected chi connectivity index (χ1v) is 7.89. The summed E-state index contributed by atoms with van der Waals surface area (Å²) in [6, 6.07) is -0.370. The highest BCUT2D eigenvalue weighted by atomic mass is 79.9. The summed E-state index contributed by atoms with van der Waals surface area (Å²) in [7, 11) is -4.24. The van der Waals surface area contributed by atoms with E-state index in [4.69, 9.17) is 15.3 Å². The van der Waals surface area contributed by atoms with Gasteiger partial charge in [0.2, 0.25) is 21.7 Å². The summed E-state index contributed by atoms with van der Waals surface area (Å²) < 4.78 is 30.2. The molecule has 1 fully saturated rings. The Labute approximate surface area is 127 Å². The molecule has 116 valence electrons. The van der Waals surface area contributed by atoms with Crippen LogP contribution in [0.3, 0.4) is 0 Å². The summed E-state index contributed by atoms with van der Waals surface area (Å²) >= 11 is 2.83. The van der Waals surface area contributed by atoms with Crippen molar-refractivity contribution in [2.24, 2.45) is 5.73 Å². The molecular weight excluding hydrogens is 372 g/mol. The fraction of sp³-hybridized carbons (Fsp3) is 0.400. The number of amides is 1. The van der Waals surface area contributed by atoms with Gasteiger partial charge < -0.3 is 20.4 Å². The zero-order valence-corrected chi connectivity index (χ0v) is 12.8. The fourth-order valence-corrected chi connectivity index (χ4v) is 4.62. The summed E-state index contributed by atoms with van der Waals surface area (Å²) in [6.45, 7) is -0.310. The van der Waals surface area contributed by atoms with E-state index in [-0.39, 0.29) is 17.6 Å². The van der Waals surface area contributed by atoms with Crippen molar-refractivity contribution in [3.63, 3.8) is 0 Å². The molecule has 1 aliphatic rings. The number of primary amides is 1. The normalized spacial score (nSPS) is 23.3. The van der Waals surface area contributed by atoms with E-state index >= 15 is 0 Å². The predicted molar refractivity (Wildman–Crippen MR) is 70.9 cm³/mol. The molecule has 1 aliphatic heterocycles. The Morgan fingerprint density at radius 2 is 2.10 bits per heavy atom. The molecule has 9 nitrogen and oxygen atoms in total. The molecule has 0 bridgehead atoms. The summed E-state index contributed by atoms with van der Waals surface area (Å²) in [5, 5.41) is 18.3. The number of furan rings is 1. The average molecular weight is 383 g/mol. The molecule has 2 unspecified atom stereocenters. The zero-order chi connectivity index (χ0) is 15.9. The molecule has 11 heteroatoms. The lowest BCUT2D eigenvalue weighted by atomic mass is 10.2. The molecule has 0 aliphatic carbocycles. The number of halogens is 1. The van der Waals surface area contributed by atoms with Gasteiger partial charge in [0.1, 0.15) is 10.9 Å². The van der Waals surface area contributed by atoms with Crippen molar-refractivity contribution in [2.75, 3.05) is 6.54 Å². The van der Waals surface area contributed by atoms with E-state index < -0.39 is 44.7 Å². The topological polar surface area (TPSA) is 151 Å². The molecule has 2 atom stereocenters. The van der Waals surface area contributed by atoms with Crippen LogP contribution in [0.2, 0.25) is 0 Å². The first kappa shape index (κ1) is 15.9. The number of carboxylic acids is 1. The Bertz CT molecular complexity index is 698. The van der Waals surface area contributed by atoms with Gasteiger partial charge in [0.05, 0.1) is 6.10 Å². The summed E-state index contributed by atoms with van der Waals surface area (Å²) in [5.74, 6) is -2.91. The van der Waals surface area contributed by atoms with Crippen molar-refractivity contribution >= 4 is 37.8 Å². The van der Waals surface area contributed by atoms with Gasteiger partial charge in [-0.25, -0.2) is 13.2 Å². The smallest absolute Gasteiger partial charge is 0.371 e. The lowest BCUT2D eigenvalue weighted by Gasteiger charge is -2.20. The van der Waals surface area contributed by atoms with Crippen molar-refractivity contribution < 1.29 is 32.6 Å². The van der Waals surface area contributed by atoms with Gasteiger partial charge in [0.15, 0.2) is 4.67 Å². The van der Waals surface area contributed by atoms with E-state index in [1.165, 1.54) is 0 Å². The van der Waals surface area contributed by atoms with E-state index in [0.29, 0.717) is 0 Å². The molecule has 0 spiro atoms. The van der Waals surface area contributed by atoms with Crippen LogP contribution >= 0.6 is 15.9 Å². The molecule has 21 heavy (non-hydrogen) atoms. The number of hydrogen-bond donors (Lipinski definition) is 3. The number of carbonyl (C=O) groups is 2. The summed E-state index contributed by atoms with van der Waals surface area (Å²) in [4.78, 5) is 21.7. The largest absolute Gasteiger partial charge is 0.475 e. The van der Waals surface area contributed by atoms with E-state index in [9.17, 15) is 23.1 Å². The maximum absolute atomic E-state index is 12.5. The molecule has 1 amide bonds. The molecule has 0 saturated carbocycles. The molecule has 2 rings (SSSR count). The second kappa shape index (κ2) is 5.40. The van der Waals surface area contributed by atoms with Crippen molar-refractivity contribution in [2.45, 2.75) is 23.5 Å². The van der Waals surface area contributed by atoms with Crippen molar-refractivity contribution in [1.29, 1.82) is 0 Å². The van der Waals surface area contributed by atoms with E-state index in [1.54, 1.807) is 0 Å². The zero-order valence-electron chi connectivity index (χ0n) is 10.4. The number of nitrogens with zero attached hydrogens (tertiary/aromatic N) is 1. The molecular formula is C10H11BrN2O7S. The standard InChI is InChI=1S/C10H11BrN2O7S/c11-8-7(2-6(20-8)10(16)17)21(18,19)13-3-4(14)1-5(13)9(12)15/h2,4-5,14H,1,3H2,(H2,12,15)(H,16,17). The lowest BCUT2D eigenvalue weighted by molar-refractivity contribution is -0.121. The van der Waals surface area contributed by atoms with E-state index in [1.807, 2.05) is 0 Å². The van der Waals surface area contributed by atoms with Crippen LogP contribution in [0.15, 0.2) is 20.0 Å². The first-order chi connectivity index (χ1) is 9.64. The number of carbonyl (C=O) groups excluding carboxylic acids is 1. The van der Waals surface area contributed by atoms with Gasteiger partial charge in [-0.15, -0.1) is 0 Å². The summed E-state index contributed by atoms with van der Waals surface area (Å²) in [5.41, 5.74) is 5.13. The Balaban J connectivity index is 2.46. The highest BCUT2D eigenvalue weighted by Crippen LogP contribution is 2.32. The molecule has 1 aromatic heterocycles. The number of aromatic carboxylic acids is 1. The van der Waals surface area contributed by atoms with Crippen LogP contribution in [0.5, 0.6) is 0 Å². The Morgan fingerprint density at radius 1 is 1.48 bits per heavy atom. The minimum Gasteiger partial charge on any atom is -0.475 e. The van der Waals surface area contributed by atoms with Crippen LogP contribution in [0.4, 0.5) is 0 Å². The highest BCUT2D eigenvalue weighted by Gasteiger charge is 2.44. The van der Waals surface area contributed by atoms with Gasteiger partial charge in [-0.1, -0.05) is 0 Å². The molecule has 1 saturated heterocycles.